The maximum absolute atomic E-state index is 9.66. The molecule has 0 aromatic rings. The van der Waals surface area contributed by atoms with Crippen molar-refractivity contribution in [2.75, 3.05) is 0 Å². The van der Waals surface area contributed by atoms with Crippen molar-refractivity contribution in [1.82, 2.24) is 0 Å². The molecule has 106 valence electrons. The summed E-state index contributed by atoms with van der Waals surface area (Å²) in [7, 11) is 0. The Hall–Kier alpha value is -1.22. The topological polar surface area (TPSA) is 40.5 Å². The molecule has 0 rings (SSSR count). The summed E-state index contributed by atoms with van der Waals surface area (Å²) in [6, 6.07) is 0. The zero-order chi connectivity index (χ0) is 14.3. The van der Waals surface area contributed by atoms with Crippen LogP contribution < -0.4 is 0 Å². The molecule has 0 aromatic carbocycles. The van der Waals surface area contributed by atoms with Crippen LogP contribution in [-0.4, -0.2) is 22.4 Å². The van der Waals surface area contributed by atoms with E-state index in [-0.39, 0.29) is 0 Å². The Morgan fingerprint density at radius 1 is 1.00 bits per heavy atom. The van der Waals surface area contributed by atoms with Crippen molar-refractivity contribution < 1.29 is 10.2 Å². The minimum absolute atomic E-state index is 0.412. The molecule has 0 aliphatic carbocycles. The van der Waals surface area contributed by atoms with E-state index in [0.717, 1.165) is 12.8 Å². The second-order valence-corrected chi connectivity index (χ2v) is 4.59. The lowest BCUT2D eigenvalue weighted by Gasteiger charge is -2.03. The molecule has 0 saturated heterocycles. The SMILES string of the molecule is CCCCCCC[C@@H](O)/C=C/C#CC#C[C@@H](O)CC. The summed E-state index contributed by atoms with van der Waals surface area (Å²) >= 11 is 0. The van der Waals surface area contributed by atoms with Crippen LogP contribution in [0.15, 0.2) is 12.2 Å². The van der Waals surface area contributed by atoms with Gasteiger partial charge in [0.2, 0.25) is 0 Å². The van der Waals surface area contributed by atoms with Crippen molar-refractivity contribution >= 4 is 0 Å². The Morgan fingerprint density at radius 3 is 2.42 bits per heavy atom. The Labute approximate surface area is 117 Å². The van der Waals surface area contributed by atoms with Crippen molar-refractivity contribution in [3.05, 3.63) is 12.2 Å². The molecule has 0 bridgehead atoms. The summed E-state index contributed by atoms with van der Waals surface area (Å²) in [5.74, 6) is 10.5. The number of allylic oxidation sites excluding steroid dienone is 1. The summed E-state index contributed by atoms with van der Waals surface area (Å²) in [6.45, 7) is 4.06. The van der Waals surface area contributed by atoms with Gasteiger partial charge < -0.3 is 10.2 Å². The molecule has 19 heavy (non-hydrogen) atoms. The van der Waals surface area contributed by atoms with Gasteiger partial charge in [0.15, 0.2) is 0 Å². The fraction of sp³-hybridized carbons (Fsp3) is 0.647. The molecule has 0 heterocycles. The molecule has 0 aliphatic rings. The van der Waals surface area contributed by atoms with Crippen LogP contribution in [0.2, 0.25) is 0 Å². The zero-order valence-electron chi connectivity index (χ0n) is 12.2. The van der Waals surface area contributed by atoms with E-state index in [4.69, 9.17) is 5.11 Å². The van der Waals surface area contributed by atoms with Crippen molar-refractivity contribution in [2.45, 2.75) is 71.0 Å². The largest absolute Gasteiger partial charge is 0.389 e. The van der Waals surface area contributed by atoms with Crippen LogP contribution in [0.25, 0.3) is 0 Å². The van der Waals surface area contributed by atoms with E-state index < -0.39 is 12.2 Å². The van der Waals surface area contributed by atoms with Gasteiger partial charge in [0.05, 0.1) is 6.10 Å². The van der Waals surface area contributed by atoms with Crippen molar-refractivity contribution in [3.8, 4) is 23.7 Å². The van der Waals surface area contributed by atoms with Gasteiger partial charge in [0, 0.05) is 0 Å². The number of hydrogen-bond acceptors (Lipinski definition) is 2. The minimum Gasteiger partial charge on any atom is -0.389 e. The highest BCUT2D eigenvalue weighted by molar-refractivity contribution is 5.31. The van der Waals surface area contributed by atoms with E-state index >= 15 is 0 Å². The summed E-state index contributed by atoms with van der Waals surface area (Å²) < 4.78 is 0. The minimum atomic E-state index is -0.591. The first kappa shape index (κ1) is 17.8. The molecule has 0 amide bonds. The molecule has 0 spiro atoms. The van der Waals surface area contributed by atoms with Crippen LogP contribution in [0.4, 0.5) is 0 Å². The van der Waals surface area contributed by atoms with E-state index in [1.165, 1.54) is 25.7 Å². The summed E-state index contributed by atoms with van der Waals surface area (Å²) in [4.78, 5) is 0. The van der Waals surface area contributed by atoms with E-state index in [1.807, 2.05) is 6.92 Å². The third kappa shape index (κ3) is 13.0. The standard InChI is InChI=1S/C17H26O2/c1-3-5-6-7-11-14-17(19)15-12-9-8-10-13-16(18)4-2/h12,15-19H,3-7,11,14H2,1-2H3/b15-12+/t16-,17+/m0/s1. The van der Waals surface area contributed by atoms with Crippen LogP contribution >= 0.6 is 0 Å². The van der Waals surface area contributed by atoms with Gasteiger partial charge in [-0.1, -0.05) is 57.8 Å². The lowest BCUT2D eigenvalue weighted by Crippen LogP contribution is -2.01. The third-order valence-corrected chi connectivity index (χ3v) is 2.77. The molecule has 2 atom stereocenters. The molecular formula is C17H26O2. The Balaban J connectivity index is 3.74. The van der Waals surface area contributed by atoms with Crippen molar-refractivity contribution in [3.63, 3.8) is 0 Å². The van der Waals surface area contributed by atoms with E-state index in [2.05, 4.69) is 30.6 Å². The quantitative estimate of drug-likeness (QED) is 0.521. The average molecular weight is 262 g/mol. The maximum atomic E-state index is 9.66. The van der Waals surface area contributed by atoms with Crippen LogP contribution in [0.3, 0.4) is 0 Å². The molecule has 0 fully saturated rings. The summed E-state index contributed by atoms with van der Waals surface area (Å²) in [5, 5.41) is 18.8. The fourth-order valence-corrected chi connectivity index (χ4v) is 1.51. The Morgan fingerprint density at radius 2 is 1.74 bits per heavy atom. The Bertz CT molecular complexity index is 349. The molecule has 0 unspecified atom stereocenters. The lowest BCUT2D eigenvalue weighted by atomic mass is 10.1. The van der Waals surface area contributed by atoms with Crippen LogP contribution in [0, 0.1) is 23.7 Å². The van der Waals surface area contributed by atoms with Gasteiger partial charge >= 0.3 is 0 Å². The Kier molecular flexibility index (Phi) is 12.4. The molecule has 2 nitrogen and oxygen atoms in total. The molecule has 0 radical (unpaired) electrons. The molecular weight excluding hydrogens is 236 g/mol. The molecule has 2 N–H and O–H groups in total. The van der Waals surface area contributed by atoms with E-state index in [9.17, 15) is 5.11 Å². The first-order chi connectivity index (χ1) is 9.20. The van der Waals surface area contributed by atoms with Crippen LogP contribution in [0.5, 0.6) is 0 Å². The lowest BCUT2D eigenvalue weighted by molar-refractivity contribution is 0.208. The van der Waals surface area contributed by atoms with Gasteiger partial charge in [-0.25, -0.2) is 0 Å². The molecule has 2 heteroatoms. The predicted molar refractivity (Wildman–Crippen MR) is 80.4 cm³/mol. The monoisotopic (exact) mass is 262 g/mol. The first-order valence-corrected chi connectivity index (χ1v) is 7.24. The predicted octanol–water partition coefficient (Wildman–Crippen LogP) is 3.04. The normalized spacial score (nSPS) is 13.3. The van der Waals surface area contributed by atoms with Crippen molar-refractivity contribution in [1.29, 1.82) is 0 Å². The van der Waals surface area contributed by atoms with Gasteiger partial charge in [0.25, 0.3) is 0 Å². The van der Waals surface area contributed by atoms with Gasteiger partial charge in [0.1, 0.15) is 6.10 Å². The highest BCUT2D eigenvalue weighted by atomic mass is 16.3. The van der Waals surface area contributed by atoms with Gasteiger partial charge in [-0.15, -0.1) is 0 Å². The average Bonchev–Trinajstić information content (AvgIpc) is 2.42. The fourth-order valence-electron chi connectivity index (χ4n) is 1.51. The first-order valence-electron chi connectivity index (χ1n) is 7.24. The highest BCUT2D eigenvalue weighted by Gasteiger charge is 1.97. The third-order valence-electron chi connectivity index (χ3n) is 2.77. The van der Waals surface area contributed by atoms with Crippen LogP contribution in [0.1, 0.15) is 58.8 Å². The van der Waals surface area contributed by atoms with Gasteiger partial charge in [-0.3, -0.25) is 0 Å². The second-order valence-electron chi connectivity index (χ2n) is 4.59. The van der Waals surface area contributed by atoms with Crippen LogP contribution in [-0.2, 0) is 0 Å². The number of aliphatic hydroxyl groups is 2. The number of aliphatic hydroxyl groups excluding tert-OH is 2. The van der Waals surface area contributed by atoms with Crippen molar-refractivity contribution in [2.24, 2.45) is 0 Å². The second kappa shape index (κ2) is 13.2. The number of rotatable bonds is 8. The zero-order valence-corrected chi connectivity index (χ0v) is 12.2. The molecule has 0 aliphatic heterocycles. The van der Waals surface area contributed by atoms with Gasteiger partial charge in [-0.05, 0) is 36.8 Å². The number of hydrogen-bond donors (Lipinski definition) is 2. The summed E-state index contributed by atoms with van der Waals surface area (Å²) in [6.07, 6.45) is 9.75. The maximum Gasteiger partial charge on any atom is 0.115 e. The van der Waals surface area contributed by atoms with E-state index in [0.29, 0.717) is 6.42 Å². The van der Waals surface area contributed by atoms with E-state index in [1.54, 1.807) is 12.2 Å². The molecule has 0 aromatic heterocycles. The van der Waals surface area contributed by atoms with Gasteiger partial charge in [-0.2, -0.15) is 0 Å². The number of unbranched alkanes of at least 4 members (excludes halogenated alkanes) is 4. The summed E-state index contributed by atoms with van der Waals surface area (Å²) in [5.41, 5.74) is 0. The smallest absolute Gasteiger partial charge is 0.115 e. The molecule has 0 saturated carbocycles. The highest BCUT2D eigenvalue weighted by Crippen LogP contribution is 2.07.